The molecule has 2 saturated carbocycles. The molecule has 1 aromatic rings. The van der Waals surface area contributed by atoms with Crippen LogP contribution in [0, 0.1) is 27.4 Å². The Morgan fingerprint density at radius 3 is 2.53 bits per heavy atom. The lowest BCUT2D eigenvalue weighted by Gasteiger charge is -2.48. The van der Waals surface area contributed by atoms with Crippen molar-refractivity contribution in [3.8, 4) is 5.75 Å². The smallest absolute Gasteiger partial charge is 0.369 e. The molecule has 0 bridgehead atoms. The lowest BCUT2D eigenvalue weighted by molar-refractivity contribution is -0.386. The molecule has 4 atom stereocenters. The van der Waals surface area contributed by atoms with Gasteiger partial charge in [-0.05, 0) is 61.5 Å². The fourth-order valence-corrected chi connectivity index (χ4v) is 6.30. The number of carbonyl (C=O) groups excluding carboxylic acids is 1. The zero-order chi connectivity index (χ0) is 22.1. The molecule has 11 heteroatoms. The molecule has 164 valence electrons. The lowest BCUT2D eigenvalue weighted by Crippen LogP contribution is -2.42. The fraction of sp³-hybridized carbons (Fsp3) is 0.632. The number of rotatable bonds is 3. The quantitative estimate of drug-likeness (QED) is 0.297. The van der Waals surface area contributed by atoms with Gasteiger partial charge in [0, 0.05) is 17.4 Å². The van der Waals surface area contributed by atoms with Crippen LogP contribution in [0.5, 0.6) is 5.75 Å². The molecule has 0 aliphatic heterocycles. The van der Waals surface area contributed by atoms with Crippen LogP contribution >= 0.6 is 0 Å². The largest absolute Gasteiger partial charge is 0.534 e. The molecule has 0 spiro atoms. The monoisotopic (exact) mass is 447 g/mol. The van der Waals surface area contributed by atoms with E-state index in [0.717, 1.165) is 12.5 Å². The summed E-state index contributed by atoms with van der Waals surface area (Å²) in [7, 11) is -6.02. The summed E-state index contributed by atoms with van der Waals surface area (Å²) < 4.78 is 65.0. The Hall–Kier alpha value is -2.17. The van der Waals surface area contributed by atoms with Crippen LogP contribution in [0.3, 0.4) is 0 Å². The van der Waals surface area contributed by atoms with Crippen molar-refractivity contribution in [3.05, 3.63) is 33.4 Å². The number of alkyl halides is 3. The summed E-state index contributed by atoms with van der Waals surface area (Å²) in [6.45, 7) is 1.99. The van der Waals surface area contributed by atoms with Crippen molar-refractivity contribution in [3.63, 3.8) is 0 Å². The van der Waals surface area contributed by atoms with Gasteiger partial charge >= 0.3 is 21.3 Å². The van der Waals surface area contributed by atoms with E-state index in [-0.39, 0.29) is 40.9 Å². The summed E-state index contributed by atoms with van der Waals surface area (Å²) in [4.78, 5) is 23.2. The van der Waals surface area contributed by atoms with Gasteiger partial charge in [0.25, 0.3) is 0 Å². The normalized spacial score (nSPS) is 30.9. The van der Waals surface area contributed by atoms with Crippen LogP contribution in [0.2, 0.25) is 0 Å². The van der Waals surface area contributed by atoms with Gasteiger partial charge in [0.15, 0.2) is 0 Å². The Morgan fingerprint density at radius 1 is 1.20 bits per heavy atom. The Morgan fingerprint density at radius 2 is 1.90 bits per heavy atom. The molecule has 0 radical (unpaired) electrons. The van der Waals surface area contributed by atoms with Crippen LogP contribution in [0.1, 0.15) is 56.1 Å². The van der Waals surface area contributed by atoms with E-state index in [1.165, 1.54) is 6.07 Å². The number of benzene rings is 1. The maximum Gasteiger partial charge on any atom is 0.534 e. The number of fused-ring (bicyclic) bond motifs is 5. The summed E-state index contributed by atoms with van der Waals surface area (Å²) in [5.74, 6) is -0.384. The summed E-state index contributed by atoms with van der Waals surface area (Å²) >= 11 is 0. The standard InChI is InChI=1S/C19H20F3NO6S/c1-18-9-8-11-10-4-6-15(29-30(27,28)19(20,21)22)17(23(25)26)13(10)3-2-12(11)14(18)5-7-16(18)24/h4,6,11-12,14H,2-3,5,7-9H2,1H3/t11?,12?,14?,18-/m0/s1. The van der Waals surface area contributed by atoms with Gasteiger partial charge in [-0.1, -0.05) is 13.0 Å². The molecule has 0 saturated heterocycles. The van der Waals surface area contributed by atoms with Gasteiger partial charge in [-0.25, -0.2) is 0 Å². The number of hydrogen-bond donors (Lipinski definition) is 0. The van der Waals surface area contributed by atoms with Gasteiger partial charge in [-0.15, -0.1) is 0 Å². The minimum absolute atomic E-state index is 0.0512. The highest BCUT2D eigenvalue weighted by Crippen LogP contribution is 2.60. The van der Waals surface area contributed by atoms with Crippen molar-refractivity contribution >= 4 is 21.6 Å². The summed E-state index contributed by atoms with van der Waals surface area (Å²) in [6, 6.07) is 2.38. The maximum atomic E-state index is 12.7. The topological polar surface area (TPSA) is 104 Å². The first-order valence-electron chi connectivity index (χ1n) is 9.71. The van der Waals surface area contributed by atoms with E-state index < -0.39 is 32.0 Å². The molecule has 4 rings (SSSR count). The molecule has 30 heavy (non-hydrogen) atoms. The third-order valence-corrected chi connectivity index (χ3v) is 8.19. The third kappa shape index (κ3) is 3.00. The van der Waals surface area contributed by atoms with E-state index in [4.69, 9.17) is 0 Å². The summed E-state index contributed by atoms with van der Waals surface area (Å²) in [6.07, 6.45) is 3.39. The predicted molar refractivity (Wildman–Crippen MR) is 98.3 cm³/mol. The minimum atomic E-state index is -6.02. The molecule has 3 aliphatic rings. The number of nitrogens with zero attached hydrogens (tertiary/aromatic N) is 1. The van der Waals surface area contributed by atoms with Crippen molar-refractivity contribution in [2.75, 3.05) is 0 Å². The third-order valence-electron chi connectivity index (χ3n) is 7.22. The van der Waals surface area contributed by atoms with Crippen LogP contribution in [0.25, 0.3) is 0 Å². The fourth-order valence-electron chi connectivity index (χ4n) is 5.83. The van der Waals surface area contributed by atoms with E-state index in [0.29, 0.717) is 31.2 Å². The second-order valence-electron chi connectivity index (χ2n) is 8.55. The van der Waals surface area contributed by atoms with Crippen LogP contribution < -0.4 is 4.18 Å². The van der Waals surface area contributed by atoms with Gasteiger partial charge < -0.3 is 4.18 Å². The predicted octanol–water partition coefficient (Wildman–Crippen LogP) is 4.25. The van der Waals surface area contributed by atoms with E-state index in [9.17, 15) is 36.5 Å². The average molecular weight is 447 g/mol. The minimum Gasteiger partial charge on any atom is -0.369 e. The molecule has 1 aromatic carbocycles. The lowest BCUT2D eigenvalue weighted by atomic mass is 9.55. The van der Waals surface area contributed by atoms with Crippen molar-refractivity contribution in [1.29, 1.82) is 0 Å². The first-order chi connectivity index (χ1) is 13.9. The van der Waals surface area contributed by atoms with Gasteiger partial charge in [-0.2, -0.15) is 21.6 Å². The highest BCUT2D eigenvalue weighted by Gasteiger charge is 2.55. The van der Waals surface area contributed by atoms with E-state index >= 15 is 0 Å². The summed E-state index contributed by atoms with van der Waals surface area (Å²) in [5, 5.41) is 11.7. The Labute approximate surface area is 170 Å². The number of Topliss-reactive ketones (excluding diaryl/α,β-unsaturated/α-hetero) is 1. The zero-order valence-electron chi connectivity index (χ0n) is 16.1. The van der Waals surface area contributed by atoms with Crippen molar-refractivity contribution in [2.24, 2.45) is 17.3 Å². The van der Waals surface area contributed by atoms with Gasteiger partial charge in [0.2, 0.25) is 5.75 Å². The molecule has 0 aromatic heterocycles. The zero-order valence-corrected chi connectivity index (χ0v) is 16.9. The van der Waals surface area contributed by atoms with Gasteiger partial charge in [0.05, 0.1) is 4.92 Å². The Kier molecular flexibility index (Phi) is 4.68. The first kappa shape index (κ1) is 21.1. The SMILES string of the molecule is C[C@]12CCC3c4ccc(OS(=O)(=O)C(F)(F)F)c([N+](=O)[O-])c4CCC3C1CCC2=O. The Balaban J connectivity index is 1.75. The van der Waals surface area contributed by atoms with Crippen LogP contribution in [-0.2, 0) is 21.3 Å². The molecule has 0 amide bonds. The molecule has 3 unspecified atom stereocenters. The molecule has 7 nitrogen and oxygen atoms in total. The van der Waals surface area contributed by atoms with E-state index in [1.807, 2.05) is 6.92 Å². The van der Waals surface area contributed by atoms with Crippen molar-refractivity contribution in [2.45, 2.75) is 56.9 Å². The number of ketones is 1. The van der Waals surface area contributed by atoms with Crippen molar-refractivity contribution in [1.82, 2.24) is 0 Å². The molecular weight excluding hydrogens is 427 g/mol. The van der Waals surface area contributed by atoms with Crippen LogP contribution in [-0.4, -0.2) is 24.6 Å². The Bertz CT molecular complexity index is 1040. The van der Waals surface area contributed by atoms with Gasteiger partial charge in [-0.3, -0.25) is 14.9 Å². The highest BCUT2D eigenvalue weighted by atomic mass is 32.2. The van der Waals surface area contributed by atoms with E-state index in [1.54, 1.807) is 0 Å². The number of hydrogen-bond acceptors (Lipinski definition) is 6. The highest BCUT2D eigenvalue weighted by molar-refractivity contribution is 7.88. The maximum absolute atomic E-state index is 12.7. The molecule has 0 heterocycles. The van der Waals surface area contributed by atoms with Crippen molar-refractivity contribution < 1.29 is 35.5 Å². The van der Waals surface area contributed by atoms with Crippen LogP contribution in [0.4, 0.5) is 18.9 Å². The second-order valence-corrected chi connectivity index (χ2v) is 10.1. The molecular formula is C19H20F3NO6S. The van der Waals surface area contributed by atoms with E-state index in [2.05, 4.69) is 4.18 Å². The summed E-state index contributed by atoms with van der Waals surface area (Å²) in [5.41, 5.74) is -5.92. The number of nitro groups is 1. The van der Waals surface area contributed by atoms with Gasteiger partial charge in [0.1, 0.15) is 5.78 Å². The second kappa shape index (κ2) is 6.66. The van der Waals surface area contributed by atoms with Crippen LogP contribution in [0.15, 0.2) is 12.1 Å². The molecule has 0 N–H and O–H groups in total. The first-order valence-corrected chi connectivity index (χ1v) is 11.1. The number of carbonyl (C=O) groups is 1. The molecule has 2 fully saturated rings. The molecule has 3 aliphatic carbocycles. The number of halogens is 3. The number of nitro benzene ring substituents is 1. The average Bonchev–Trinajstić information content (AvgIpc) is 2.94.